The number of hydrogen-bond acceptors (Lipinski definition) is 4. The fourth-order valence-corrected chi connectivity index (χ4v) is 10.0. The third-order valence-corrected chi connectivity index (χ3v) is 14.4. The summed E-state index contributed by atoms with van der Waals surface area (Å²) >= 11 is 0. The molecule has 0 bridgehead atoms. The number of benzene rings is 7. The van der Waals surface area contributed by atoms with Gasteiger partial charge in [-0.15, -0.1) is 54.1 Å². The van der Waals surface area contributed by atoms with Gasteiger partial charge < -0.3 is 14.0 Å². The van der Waals surface area contributed by atoms with E-state index >= 15 is 0 Å². The molecule has 7 aromatic carbocycles. The molecule has 5 nitrogen and oxygen atoms in total. The van der Waals surface area contributed by atoms with Crippen LogP contribution in [0.4, 0.5) is 0 Å². The Morgan fingerprint density at radius 2 is 1.39 bits per heavy atom. The monoisotopic (exact) mass is 1060 g/mol. The molecule has 0 fully saturated rings. The zero-order chi connectivity index (χ0) is 47.5. The first-order valence-corrected chi connectivity index (χ1v) is 25.9. The van der Waals surface area contributed by atoms with E-state index in [2.05, 4.69) is 153 Å². The van der Waals surface area contributed by atoms with Gasteiger partial charge in [-0.05, 0) is 99.7 Å². The molecule has 0 aliphatic heterocycles. The van der Waals surface area contributed by atoms with Crippen molar-refractivity contribution in [3.63, 3.8) is 0 Å². The van der Waals surface area contributed by atoms with E-state index in [0.717, 1.165) is 71.9 Å². The molecule has 11 rings (SSSR count). The molecule has 0 unspecified atom stereocenters. The van der Waals surface area contributed by atoms with E-state index < -0.39 is 14.9 Å². The minimum atomic E-state index is -2.30. The van der Waals surface area contributed by atoms with E-state index in [9.17, 15) is 0 Å². The predicted molar refractivity (Wildman–Crippen MR) is 275 cm³/mol. The van der Waals surface area contributed by atoms with Crippen molar-refractivity contribution >= 4 is 67.9 Å². The number of para-hydroxylation sites is 2. The van der Waals surface area contributed by atoms with Gasteiger partial charge in [-0.2, -0.15) is 0 Å². The second-order valence-electron chi connectivity index (χ2n) is 18.5. The van der Waals surface area contributed by atoms with Gasteiger partial charge in [0.05, 0.1) is 36.0 Å². The Kier molecular flexibility index (Phi) is 11.2. The number of pyridine rings is 2. The second kappa shape index (κ2) is 18.1. The molecule has 0 N–H and O–H groups in total. The quantitative estimate of drug-likeness (QED) is 0.0907. The molecule has 0 aliphatic rings. The fraction of sp³-hybridized carbons (Fsp3) is 0.169. The van der Waals surface area contributed by atoms with Crippen molar-refractivity contribution in [2.75, 3.05) is 0 Å². The summed E-state index contributed by atoms with van der Waals surface area (Å²) in [5.41, 5.74) is 12.9. The third kappa shape index (κ3) is 8.21. The van der Waals surface area contributed by atoms with Crippen molar-refractivity contribution in [2.24, 2.45) is 0 Å². The standard InChI is InChI=1S/C45H36N3O.C14H16NSi.Ir/c1-26(2)36-24-31(29-12-7-6-8-13-29)25-37(27(3)4)43(36)48-39-17-10-9-16-38(39)47-45(48)35-15-11-14-34-41-32-21-20-30-19-18-28(5)46-42(30)33(32)22-23-40(41)49-44(34)35;1-16(2,3)13-9-10-14(15-11-13)12-7-5-4-6-8-12;/h6-14,16-27H,1-5H3;4-7,9-11H,1-3H3;/q2*-1;/i5D3;;. The average Bonchev–Trinajstić information content (AvgIpc) is 3.93. The molecule has 4 heterocycles. The normalized spacial score (nSPS) is 12.7. The molecule has 0 aliphatic carbocycles. The van der Waals surface area contributed by atoms with Crippen LogP contribution in [0.25, 0.3) is 94.1 Å². The molecule has 11 aromatic rings. The largest absolute Gasteiger partial charge is 0.501 e. The number of hydrogen-bond donors (Lipinski definition) is 0. The Morgan fingerprint density at radius 3 is 2.09 bits per heavy atom. The van der Waals surface area contributed by atoms with Gasteiger partial charge in [-0.3, -0.25) is 9.97 Å². The number of aryl methyl sites for hydroxylation is 1. The molecule has 329 valence electrons. The van der Waals surface area contributed by atoms with E-state index in [1.807, 2.05) is 72.9 Å². The molecule has 0 saturated carbocycles. The molecule has 66 heavy (non-hydrogen) atoms. The van der Waals surface area contributed by atoms with Gasteiger partial charge in [0.1, 0.15) is 5.58 Å². The van der Waals surface area contributed by atoms with Crippen LogP contribution in [0, 0.1) is 19.0 Å². The van der Waals surface area contributed by atoms with Crippen molar-refractivity contribution in [1.29, 1.82) is 0 Å². The van der Waals surface area contributed by atoms with E-state index in [-0.39, 0.29) is 37.6 Å². The van der Waals surface area contributed by atoms with Crippen LogP contribution in [0.15, 0.2) is 162 Å². The molecular weight excluding hydrogens is 1000 g/mol. The van der Waals surface area contributed by atoms with Crippen LogP contribution >= 0.6 is 0 Å². The maximum Gasteiger partial charge on any atom is 0.121 e. The predicted octanol–water partition coefficient (Wildman–Crippen LogP) is 15.4. The van der Waals surface area contributed by atoms with Gasteiger partial charge in [0.15, 0.2) is 0 Å². The molecule has 0 amide bonds. The summed E-state index contributed by atoms with van der Waals surface area (Å²) in [4.78, 5) is 14.5. The third-order valence-electron chi connectivity index (χ3n) is 12.4. The fourth-order valence-electron chi connectivity index (χ4n) is 8.98. The average molecular weight is 1060 g/mol. The summed E-state index contributed by atoms with van der Waals surface area (Å²) in [6.07, 6.45) is 2.02. The van der Waals surface area contributed by atoms with Crippen molar-refractivity contribution in [2.45, 2.75) is 66.0 Å². The SMILES string of the molecule is C[Si](C)(C)c1ccc(-c2[c-]cccc2)nc1.[2H]C([2H])([2H])c1ccc2ccc3c(ccc4oc5c(-c6nc7ccccc7n6-c6c(C(C)C)cc(-c7ccccc7)cc6C(C)C)[c-]ccc5c43)c2n1.[Ir]. The first-order valence-electron chi connectivity index (χ1n) is 23.9. The van der Waals surface area contributed by atoms with Crippen LogP contribution in [0.3, 0.4) is 0 Å². The maximum atomic E-state index is 7.96. The number of fused-ring (bicyclic) bond motifs is 8. The van der Waals surface area contributed by atoms with Crippen LogP contribution < -0.4 is 5.19 Å². The van der Waals surface area contributed by atoms with Gasteiger partial charge >= 0.3 is 0 Å². The Hall–Kier alpha value is -6.50. The summed E-state index contributed by atoms with van der Waals surface area (Å²) < 4.78 is 33.0. The van der Waals surface area contributed by atoms with E-state index in [4.69, 9.17) is 13.5 Å². The zero-order valence-corrected chi connectivity index (χ0v) is 41.6. The minimum Gasteiger partial charge on any atom is -0.501 e. The van der Waals surface area contributed by atoms with Crippen LogP contribution in [-0.4, -0.2) is 27.6 Å². The minimum absolute atomic E-state index is 0. The van der Waals surface area contributed by atoms with Crippen LogP contribution in [0.2, 0.25) is 19.6 Å². The van der Waals surface area contributed by atoms with Crippen molar-refractivity contribution < 1.29 is 28.6 Å². The maximum absolute atomic E-state index is 7.96. The van der Waals surface area contributed by atoms with Crippen LogP contribution in [-0.2, 0) is 20.1 Å². The van der Waals surface area contributed by atoms with Crippen molar-refractivity contribution in [3.8, 4) is 39.5 Å². The Labute approximate surface area is 406 Å². The van der Waals surface area contributed by atoms with Gasteiger partial charge in [0.25, 0.3) is 0 Å². The smallest absolute Gasteiger partial charge is 0.121 e. The van der Waals surface area contributed by atoms with Crippen LogP contribution in [0.1, 0.15) is 60.5 Å². The van der Waals surface area contributed by atoms with Crippen molar-refractivity contribution in [3.05, 3.63) is 187 Å². The zero-order valence-electron chi connectivity index (χ0n) is 41.2. The first kappa shape index (κ1) is 41.0. The summed E-state index contributed by atoms with van der Waals surface area (Å²) in [5.74, 6) is 1.23. The number of aromatic nitrogens is 4. The van der Waals surface area contributed by atoms with Gasteiger partial charge in [0.2, 0.25) is 0 Å². The molecule has 7 heteroatoms. The number of furan rings is 1. The molecule has 4 aromatic heterocycles. The van der Waals surface area contributed by atoms with E-state index in [1.54, 1.807) is 6.07 Å². The summed E-state index contributed by atoms with van der Waals surface area (Å²) in [5, 5.41) is 5.99. The first-order chi connectivity index (χ1) is 32.7. The summed E-state index contributed by atoms with van der Waals surface area (Å²) in [6, 6.07) is 58.0. The topological polar surface area (TPSA) is 56.7 Å². The number of nitrogens with zero attached hydrogens (tertiary/aromatic N) is 4. The van der Waals surface area contributed by atoms with Crippen LogP contribution in [0.5, 0.6) is 0 Å². The Bertz CT molecular complexity index is 3620. The molecule has 0 saturated heterocycles. The summed E-state index contributed by atoms with van der Waals surface area (Å²) in [7, 11) is -1.23. The molecule has 1 radical (unpaired) electrons. The molecule has 0 atom stereocenters. The summed E-state index contributed by atoms with van der Waals surface area (Å²) in [6.45, 7) is 13.7. The van der Waals surface area contributed by atoms with E-state index in [1.165, 1.54) is 27.4 Å². The Balaban J connectivity index is 0.000000296. The van der Waals surface area contributed by atoms with Gasteiger partial charge in [0, 0.05) is 58.0 Å². The van der Waals surface area contributed by atoms with Gasteiger partial charge in [-0.25, -0.2) is 0 Å². The number of rotatable bonds is 7. The van der Waals surface area contributed by atoms with Gasteiger partial charge in [-0.1, -0.05) is 131 Å². The Morgan fingerprint density at radius 1 is 0.667 bits per heavy atom. The second-order valence-corrected chi connectivity index (χ2v) is 23.5. The van der Waals surface area contributed by atoms with E-state index in [0.29, 0.717) is 11.1 Å². The number of imidazole rings is 1. The van der Waals surface area contributed by atoms with Crippen molar-refractivity contribution in [1.82, 2.24) is 19.5 Å². The molecular formula is C59H52IrN4OSi-2. The molecule has 0 spiro atoms.